The van der Waals surface area contributed by atoms with Crippen molar-refractivity contribution in [3.8, 4) is 0 Å². The summed E-state index contributed by atoms with van der Waals surface area (Å²) in [6.07, 6.45) is 7.02. The second-order valence-corrected chi connectivity index (χ2v) is 7.78. The molecule has 2 fully saturated rings. The molecule has 144 valence electrons. The van der Waals surface area contributed by atoms with E-state index in [-0.39, 0.29) is 17.4 Å². The minimum absolute atomic E-state index is 0.0667. The third-order valence-corrected chi connectivity index (χ3v) is 6.16. The number of hydrogen-bond donors (Lipinski definition) is 2. The van der Waals surface area contributed by atoms with Crippen LogP contribution < -0.4 is 21.9 Å². The zero-order valence-electron chi connectivity index (χ0n) is 15.8. The van der Waals surface area contributed by atoms with Gasteiger partial charge in [-0.25, -0.2) is 4.79 Å². The number of hydrogen-bond acceptors (Lipinski definition) is 4. The first-order valence-electron chi connectivity index (χ1n) is 9.89. The molecule has 3 atom stereocenters. The van der Waals surface area contributed by atoms with Crippen molar-refractivity contribution in [2.75, 3.05) is 17.2 Å². The number of nitrogens with one attached hydrogen (secondary N) is 1. The van der Waals surface area contributed by atoms with E-state index in [0.717, 1.165) is 25.2 Å². The zero-order chi connectivity index (χ0) is 18.8. The number of H-pyrrole nitrogens is 1. The van der Waals surface area contributed by atoms with Crippen molar-refractivity contribution in [2.24, 2.45) is 17.8 Å². The smallest absolute Gasteiger partial charge is 0.330 e. The third kappa shape index (κ3) is 3.44. The van der Waals surface area contributed by atoms with Gasteiger partial charge in [0, 0.05) is 19.5 Å². The predicted molar refractivity (Wildman–Crippen MR) is 102 cm³/mol. The number of aromatic nitrogens is 2. The van der Waals surface area contributed by atoms with Crippen LogP contribution in [0.1, 0.15) is 58.8 Å². The Balaban J connectivity index is 1.86. The molecular weight excluding hydrogens is 332 g/mol. The molecule has 1 heterocycles. The van der Waals surface area contributed by atoms with Crippen LogP contribution in [0.4, 0.5) is 11.5 Å². The number of anilines is 2. The maximum atomic E-state index is 13.0. The van der Waals surface area contributed by atoms with E-state index in [1.807, 2.05) is 13.8 Å². The monoisotopic (exact) mass is 362 g/mol. The molecule has 0 saturated heterocycles. The Kier molecular flexibility index (Phi) is 5.53. The van der Waals surface area contributed by atoms with E-state index < -0.39 is 11.2 Å². The fourth-order valence-electron chi connectivity index (χ4n) is 4.80. The average molecular weight is 362 g/mol. The van der Waals surface area contributed by atoms with E-state index in [4.69, 9.17) is 5.73 Å². The largest absolute Gasteiger partial charge is 0.383 e. The summed E-state index contributed by atoms with van der Waals surface area (Å²) in [5, 5.41) is 0. The third-order valence-electron chi connectivity index (χ3n) is 6.16. The molecule has 26 heavy (non-hydrogen) atoms. The molecule has 1 aromatic heterocycles. The lowest BCUT2D eigenvalue weighted by Crippen LogP contribution is -2.41. The van der Waals surface area contributed by atoms with Crippen LogP contribution in [0.5, 0.6) is 0 Å². The van der Waals surface area contributed by atoms with Crippen LogP contribution >= 0.6 is 0 Å². The lowest BCUT2D eigenvalue weighted by molar-refractivity contribution is -0.119. The van der Waals surface area contributed by atoms with Crippen LogP contribution in [0.15, 0.2) is 9.59 Å². The van der Waals surface area contributed by atoms with E-state index in [0.29, 0.717) is 31.3 Å². The molecule has 1 amide bonds. The van der Waals surface area contributed by atoms with Crippen LogP contribution in [0.3, 0.4) is 0 Å². The number of aromatic amines is 1. The highest BCUT2D eigenvalue weighted by Crippen LogP contribution is 2.49. The van der Waals surface area contributed by atoms with E-state index in [1.54, 1.807) is 0 Å². The number of nitrogen functional groups attached to an aromatic ring is 1. The SMILES string of the molecule is CCCCn1c(N)c(N(CC)C(=O)CC2CC3CCC2C3)c(=O)[nH]c1=O. The number of fused-ring (bicyclic) bond motifs is 2. The molecule has 7 nitrogen and oxygen atoms in total. The molecule has 3 rings (SSSR count). The number of nitrogens with zero attached hydrogens (tertiary/aromatic N) is 2. The number of unbranched alkanes of at least 4 members (excludes halogenated alkanes) is 1. The molecule has 2 aliphatic carbocycles. The van der Waals surface area contributed by atoms with Crippen molar-refractivity contribution in [3.63, 3.8) is 0 Å². The van der Waals surface area contributed by atoms with Crippen LogP contribution in [-0.4, -0.2) is 22.0 Å². The maximum Gasteiger partial charge on any atom is 0.330 e. The molecule has 2 bridgehead atoms. The van der Waals surface area contributed by atoms with Gasteiger partial charge in [-0.1, -0.05) is 19.8 Å². The fourth-order valence-corrected chi connectivity index (χ4v) is 4.80. The molecule has 7 heteroatoms. The summed E-state index contributed by atoms with van der Waals surface area (Å²) in [4.78, 5) is 41.2. The van der Waals surface area contributed by atoms with Gasteiger partial charge < -0.3 is 10.6 Å². The van der Waals surface area contributed by atoms with Crippen molar-refractivity contribution < 1.29 is 4.79 Å². The molecule has 0 aromatic carbocycles. The van der Waals surface area contributed by atoms with Gasteiger partial charge in [0.25, 0.3) is 5.56 Å². The first-order chi connectivity index (χ1) is 12.5. The fraction of sp³-hybridized carbons (Fsp3) is 0.737. The summed E-state index contributed by atoms with van der Waals surface area (Å²) in [6, 6.07) is 0. The van der Waals surface area contributed by atoms with Crippen LogP contribution in [-0.2, 0) is 11.3 Å². The Morgan fingerprint density at radius 3 is 2.62 bits per heavy atom. The molecule has 2 aliphatic rings. The summed E-state index contributed by atoms with van der Waals surface area (Å²) in [7, 11) is 0. The summed E-state index contributed by atoms with van der Waals surface area (Å²) < 4.78 is 1.37. The van der Waals surface area contributed by atoms with Crippen molar-refractivity contribution in [1.29, 1.82) is 0 Å². The number of nitrogens with two attached hydrogens (primary N) is 1. The molecule has 1 aromatic rings. The minimum Gasteiger partial charge on any atom is -0.383 e. The van der Waals surface area contributed by atoms with Crippen LogP contribution in [0.25, 0.3) is 0 Å². The van der Waals surface area contributed by atoms with Crippen molar-refractivity contribution in [1.82, 2.24) is 9.55 Å². The lowest BCUT2D eigenvalue weighted by Gasteiger charge is -2.27. The first-order valence-corrected chi connectivity index (χ1v) is 9.89. The number of carbonyl (C=O) groups is 1. The standard InChI is InChI=1S/C19H30N4O3/c1-3-5-8-23-17(20)16(18(25)21-19(23)26)22(4-2)15(24)11-14-10-12-6-7-13(14)9-12/h12-14H,3-11,20H2,1-2H3,(H,21,25,26). The maximum absolute atomic E-state index is 13.0. The number of carbonyl (C=O) groups excluding carboxylic acids is 1. The van der Waals surface area contributed by atoms with Gasteiger partial charge in [-0.3, -0.25) is 19.1 Å². The summed E-state index contributed by atoms with van der Waals surface area (Å²) in [6.45, 7) is 4.64. The van der Waals surface area contributed by atoms with Gasteiger partial charge in [-0.2, -0.15) is 0 Å². The molecule has 0 spiro atoms. The summed E-state index contributed by atoms with van der Waals surface area (Å²) >= 11 is 0. The molecule has 3 unspecified atom stereocenters. The van der Waals surface area contributed by atoms with Crippen molar-refractivity contribution in [2.45, 2.75) is 65.3 Å². The highest BCUT2D eigenvalue weighted by Gasteiger charge is 2.41. The van der Waals surface area contributed by atoms with Gasteiger partial charge in [0.15, 0.2) is 5.69 Å². The normalized spacial score (nSPS) is 24.2. The topological polar surface area (TPSA) is 101 Å². The average Bonchev–Trinajstić information content (AvgIpc) is 3.21. The van der Waals surface area contributed by atoms with Gasteiger partial charge in [-0.15, -0.1) is 0 Å². The first kappa shape index (κ1) is 18.7. The Bertz CT molecular complexity index is 782. The highest BCUT2D eigenvalue weighted by atomic mass is 16.2. The van der Waals surface area contributed by atoms with E-state index >= 15 is 0 Å². The van der Waals surface area contributed by atoms with Gasteiger partial charge >= 0.3 is 5.69 Å². The van der Waals surface area contributed by atoms with Gasteiger partial charge in [-0.05, 0) is 50.4 Å². The number of rotatable bonds is 7. The molecule has 0 aliphatic heterocycles. The quantitative estimate of drug-likeness (QED) is 0.775. The van der Waals surface area contributed by atoms with Crippen LogP contribution in [0.2, 0.25) is 0 Å². The zero-order valence-corrected chi connectivity index (χ0v) is 15.8. The molecule has 0 radical (unpaired) electrons. The lowest BCUT2D eigenvalue weighted by atomic mass is 9.86. The second-order valence-electron chi connectivity index (χ2n) is 7.78. The molecule has 2 saturated carbocycles. The Hall–Kier alpha value is -2.05. The minimum atomic E-state index is -0.580. The van der Waals surface area contributed by atoms with Gasteiger partial charge in [0.1, 0.15) is 5.82 Å². The highest BCUT2D eigenvalue weighted by molar-refractivity contribution is 5.95. The van der Waals surface area contributed by atoms with E-state index in [9.17, 15) is 14.4 Å². The Morgan fingerprint density at radius 1 is 1.27 bits per heavy atom. The number of amides is 1. The van der Waals surface area contributed by atoms with E-state index in [2.05, 4.69) is 4.98 Å². The second kappa shape index (κ2) is 7.68. The summed E-state index contributed by atoms with van der Waals surface area (Å²) in [5.41, 5.74) is 5.19. The predicted octanol–water partition coefficient (Wildman–Crippen LogP) is 2.10. The Morgan fingerprint density at radius 2 is 2.04 bits per heavy atom. The summed E-state index contributed by atoms with van der Waals surface area (Å²) in [5.74, 6) is 1.87. The van der Waals surface area contributed by atoms with Crippen molar-refractivity contribution in [3.05, 3.63) is 20.8 Å². The molecule has 3 N–H and O–H groups in total. The Labute approximate surface area is 153 Å². The van der Waals surface area contributed by atoms with Crippen molar-refractivity contribution >= 4 is 17.4 Å². The van der Waals surface area contributed by atoms with E-state index in [1.165, 1.54) is 28.7 Å². The van der Waals surface area contributed by atoms with Gasteiger partial charge in [0.2, 0.25) is 5.91 Å². The van der Waals surface area contributed by atoms with Crippen LogP contribution in [0, 0.1) is 17.8 Å². The molecular formula is C19H30N4O3. The van der Waals surface area contributed by atoms with Gasteiger partial charge in [0.05, 0.1) is 0 Å².